The van der Waals surface area contributed by atoms with Crippen molar-refractivity contribution >= 4 is 28.1 Å². The van der Waals surface area contributed by atoms with E-state index < -0.39 is 0 Å². The Morgan fingerprint density at radius 3 is 2.60 bits per heavy atom. The van der Waals surface area contributed by atoms with Crippen LogP contribution in [0.3, 0.4) is 0 Å². The van der Waals surface area contributed by atoms with Crippen molar-refractivity contribution in [1.29, 1.82) is 0 Å². The largest absolute Gasteiger partial charge is 0.497 e. The van der Waals surface area contributed by atoms with Crippen molar-refractivity contribution in [3.8, 4) is 5.75 Å². The summed E-state index contributed by atoms with van der Waals surface area (Å²) in [6.45, 7) is 0. The average molecular weight is 396 g/mol. The van der Waals surface area contributed by atoms with E-state index in [9.17, 15) is 4.79 Å². The van der Waals surface area contributed by atoms with E-state index in [1.807, 2.05) is 72.8 Å². The van der Waals surface area contributed by atoms with E-state index in [0.717, 1.165) is 28.1 Å². The minimum Gasteiger partial charge on any atom is -0.497 e. The summed E-state index contributed by atoms with van der Waals surface area (Å²) in [5.74, 6) is 0.803. The Bertz CT molecular complexity index is 1310. The third-order valence-corrected chi connectivity index (χ3v) is 5.36. The summed E-state index contributed by atoms with van der Waals surface area (Å²) in [5, 5.41) is 4.46. The molecular weight excluding hydrogens is 376 g/mol. The van der Waals surface area contributed by atoms with E-state index in [-0.39, 0.29) is 11.7 Å². The first-order valence-electron chi connectivity index (χ1n) is 9.81. The zero-order valence-electron chi connectivity index (χ0n) is 16.5. The van der Waals surface area contributed by atoms with Crippen LogP contribution in [0.2, 0.25) is 0 Å². The van der Waals surface area contributed by atoms with Crippen LogP contribution in [0.5, 0.6) is 5.75 Å². The second kappa shape index (κ2) is 7.52. The van der Waals surface area contributed by atoms with Crippen LogP contribution in [-0.4, -0.2) is 12.8 Å². The van der Waals surface area contributed by atoms with Crippen molar-refractivity contribution < 1.29 is 9.15 Å². The minimum atomic E-state index is -0.375. The monoisotopic (exact) mass is 396 g/mol. The van der Waals surface area contributed by atoms with Gasteiger partial charge in [-0.05, 0) is 42.0 Å². The molecule has 5 rings (SSSR count). The Hall–Kier alpha value is -3.86. The first-order valence-corrected chi connectivity index (χ1v) is 9.81. The topological polar surface area (TPSA) is 63.8 Å². The smallest absolute Gasteiger partial charge is 0.345 e. The summed E-state index contributed by atoms with van der Waals surface area (Å²) >= 11 is 0. The summed E-state index contributed by atoms with van der Waals surface area (Å²) in [6.07, 6.45) is 0.546. The predicted octanol–water partition coefficient (Wildman–Crippen LogP) is 5.48. The second-order valence-corrected chi connectivity index (χ2v) is 7.24. The van der Waals surface area contributed by atoms with E-state index in [1.165, 1.54) is 0 Å². The summed E-state index contributed by atoms with van der Waals surface area (Å²) in [5.41, 5.74) is 4.21. The van der Waals surface area contributed by atoms with Crippen molar-refractivity contribution in [1.82, 2.24) is 0 Å². The van der Waals surface area contributed by atoms with Crippen LogP contribution in [0.15, 0.2) is 93.1 Å². The fourth-order valence-corrected chi connectivity index (χ4v) is 3.79. The Kier molecular flexibility index (Phi) is 4.56. The normalized spacial score (nSPS) is 15.6. The Labute approximate surface area is 173 Å². The molecule has 148 valence electrons. The van der Waals surface area contributed by atoms with E-state index >= 15 is 0 Å². The van der Waals surface area contributed by atoms with Crippen LogP contribution < -0.4 is 15.7 Å². The Balaban J connectivity index is 1.64. The highest BCUT2D eigenvalue weighted by atomic mass is 16.5. The van der Waals surface area contributed by atoms with Gasteiger partial charge in [0.1, 0.15) is 11.3 Å². The van der Waals surface area contributed by atoms with Gasteiger partial charge >= 0.3 is 5.63 Å². The van der Waals surface area contributed by atoms with Gasteiger partial charge in [0, 0.05) is 11.8 Å². The Morgan fingerprint density at radius 2 is 1.77 bits per heavy atom. The number of nitrogens with zero attached hydrogens (tertiary/aromatic N) is 1. The fourth-order valence-electron chi connectivity index (χ4n) is 3.79. The molecule has 1 aliphatic heterocycles. The van der Waals surface area contributed by atoms with E-state index in [4.69, 9.17) is 14.1 Å². The summed E-state index contributed by atoms with van der Waals surface area (Å²) in [7, 11) is 1.65. The number of aliphatic imine (C=N–C) groups is 1. The highest BCUT2D eigenvalue weighted by Gasteiger charge is 2.23. The molecule has 0 aliphatic carbocycles. The molecule has 1 N–H and O–H groups in total. The highest BCUT2D eigenvalue weighted by Crippen LogP contribution is 2.35. The molecule has 0 bridgehead atoms. The molecule has 1 atom stereocenters. The van der Waals surface area contributed by atoms with Crippen molar-refractivity contribution in [2.75, 3.05) is 12.4 Å². The van der Waals surface area contributed by atoms with Crippen molar-refractivity contribution in [3.05, 3.63) is 100 Å². The zero-order chi connectivity index (χ0) is 20.5. The number of hydrogen-bond donors (Lipinski definition) is 1. The van der Waals surface area contributed by atoms with Gasteiger partial charge in [-0.25, -0.2) is 4.79 Å². The van der Waals surface area contributed by atoms with Crippen LogP contribution >= 0.6 is 0 Å². The lowest BCUT2D eigenvalue weighted by Gasteiger charge is -2.19. The van der Waals surface area contributed by atoms with Crippen LogP contribution in [0, 0.1) is 0 Å². The second-order valence-electron chi connectivity index (χ2n) is 7.24. The first kappa shape index (κ1) is 18.2. The maximum atomic E-state index is 12.8. The summed E-state index contributed by atoms with van der Waals surface area (Å²) < 4.78 is 10.9. The molecule has 2 heterocycles. The lowest BCUT2D eigenvalue weighted by molar-refractivity contribution is 0.414. The number of hydrogen-bond acceptors (Lipinski definition) is 5. The standard InChI is InChI=1S/C25H20N2O3/c1-29-18-12-10-16(11-13-18)22-15-23(27-21-8-4-3-7-20(21)26-22)19-14-17-6-2-5-9-24(17)30-25(19)28/h2-14,22,26H,15H2,1H3/t22-/m1/s1. The lowest BCUT2D eigenvalue weighted by atomic mass is 9.97. The van der Waals surface area contributed by atoms with Gasteiger partial charge in [-0.15, -0.1) is 0 Å². The molecule has 0 radical (unpaired) electrons. The zero-order valence-corrected chi connectivity index (χ0v) is 16.5. The molecule has 30 heavy (non-hydrogen) atoms. The van der Waals surface area contributed by atoms with Crippen molar-refractivity contribution in [2.24, 2.45) is 4.99 Å². The number of methoxy groups -OCH3 is 1. The third-order valence-electron chi connectivity index (χ3n) is 5.36. The van der Waals surface area contributed by atoms with Crippen LogP contribution in [-0.2, 0) is 0 Å². The minimum absolute atomic E-state index is 0.0517. The quantitative estimate of drug-likeness (QED) is 0.466. The van der Waals surface area contributed by atoms with Gasteiger partial charge in [-0.1, -0.05) is 42.5 Å². The lowest BCUT2D eigenvalue weighted by Crippen LogP contribution is -2.19. The number of benzene rings is 3. The van der Waals surface area contributed by atoms with Gasteiger partial charge in [0.05, 0.1) is 35.8 Å². The van der Waals surface area contributed by atoms with Gasteiger partial charge < -0.3 is 14.5 Å². The van der Waals surface area contributed by atoms with E-state index in [0.29, 0.717) is 23.3 Å². The maximum absolute atomic E-state index is 12.8. The first-order chi connectivity index (χ1) is 14.7. The number of fused-ring (bicyclic) bond motifs is 2. The summed E-state index contributed by atoms with van der Waals surface area (Å²) in [6, 6.07) is 25.1. The highest BCUT2D eigenvalue weighted by molar-refractivity contribution is 6.05. The van der Waals surface area contributed by atoms with Crippen LogP contribution in [0.25, 0.3) is 11.0 Å². The number of ether oxygens (including phenoxy) is 1. The van der Waals surface area contributed by atoms with Crippen LogP contribution in [0.4, 0.5) is 11.4 Å². The molecule has 1 aliphatic rings. The van der Waals surface area contributed by atoms with Gasteiger partial charge in [0.25, 0.3) is 0 Å². The number of nitrogens with one attached hydrogen (secondary N) is 1. The molecule has 0 spiro atoms. The molecule has 0 fully saturated rings. The molecule has 5 heteroatoms. The molecule has 0 saturated heterocycles. The van der Waals surface area contributed by atoms with Crippen molar-refractivity contribution in [2.45, 2.75) is 12.5 Å². The van der Waals surface area contributed by atoms with Gasteiger partial charge in [0.2, 0.25) is 0 Å². The average Bonchev–Trinajstić information content (AvgIpc) is 2.98. The molecule has 0 saturated carbocycles. The number of para-hydroxylation sites is 3. The predicted molar refractivity (Wildman–Crippen MR) is 119 cm³/mol. The molecule has 4 aromatic rings. The van der Waals surface area contributed by atoms with E-state index in [2.05, 4.69) is 5.32 Å². The molecule has 5 nitrogen and oxygen atoms in total. The van der Waals surface area contributed by atoms with Crippen LogP contribution in [0.1, 0.15) is 23.6 Å². The summed E-state index contributed by atoms with van der Waals surface area (Å²) in [4.78, 5) is 17.7. The van der Waals surface area contributed by atoms with Gasteiger partial charge in [-0.2, -0.15) is 0 Å². The fraction of sp³-hybridized carbons (Fsp3) is 0.120. The molecule has 3 aromatic carbocycles. The van der Waals surface area contributed by atoms with Crippen molar-refractivity contribution in [3.63, 3.8) is 0 Å². The molecular formula is C25H20N2O3. The van der Waals surface area contributed by atoms with Gasteiger partial charge in [-0.3, -0.25) is 4.99 Å². The third kappa shape index (κ3) is 3.35. The van der Waals surface area contributed by atoms with E-state index in [1.54, 1.807) is 13.2 Å². The van der Waals surface area contributed by atoms with Gasteiger partial charge in [0.15, 0.2) is 0 Å². The molecule has 0 unspecified atom stereocenters. The number of anilines is 1. The molecule has 1 aromatic heterocycles. The maximum Gasteiger partial charge on any atom is 0.345 e. The number of rotatable bonds is 3. The Morgan fingerprint density at radius 1 is 1.00 bits per heavy atom. The molecule has 0 amide bonds. The SMILES string of the molecule is COc1ccc([C@H]2CC(c3cc4ccccc4oc3=O)=Nc3ccccc3N2)cc1.